The number of ether oxygens (including phenoxy) is 2. The molecule has 0 fully saturated rings. The first-order chi connectivity index (χ1) is 11.7. The summed E-state index contributed by atoms with van der Waals surface area (Å²) in [7, 11) is 1.24. The second kappa shape index (κ2) is 7.20. The van der Waals surface area contributed by atoms with E-state index in [1.54, 1.807) is 0 Å². The lowest BCUT2D eigenvalue weighted by Crippen LogP contribution is -2.12. The Morgan fingerprint density at radius 1 is 1.40 bits per heavy atom. The Bertz CT molecular complexity index is 788. The van der Waals surface area contributed by atoms with Crippen LogP contribution in [-0.2, 0) is 17.3 Å². The number of nitrogens with one attached hydrogen (secondary N) is 1. The zero-order valence-electron chi connectivity index (χ0n) is 12.8. The molecule has 0 radical (unpaired) electrons. The number of esters is 1. The van der Waals surface area contributed by atoms with Crippen LogP contribution in [0.1, 0.15) is 21.6 Å². The molecule has 0 unspecified atom stereocenters. The topological polar surface area (TPSA) is 107 Å². The Balaban J connectivity index is 2.03. The zero-order chi connectivity index (χ0) is 18.6. The summed E-state index contributed by atoms with van der Waals surface area (Å²) < 4.78 is 47.7. The summed E-state index contributed by atoms with van der Waals surface area (Å²) >= 11 is 0. The second-order valence-corrected chi connectivity index (χ2v) is 4.80. The van der Waals surface area contributed by atoms with E-state index in [-0.39, 0.29) is 29.9 Å². The van der Waals surface area contributed by atoms with Crippen LogP contribution >= 0.6 is 0 Å². The predicted octanol–water partition coefficient (Wildman–Crippen LogP) is 2.74. The summed E-state index contributed by atoms with van der Waals surface area (Å²) in [5.74, 6) is -0.933. The summed E-state index contributed by atoms with van der Waals surface area (Å²) in [5, 5.41) is 16.1. The van der Waals surface area contributed by atoms with Gasteiger partial charge in [0, 0.05) is 18.1 Å². The van der Waals surface area contributed by atoms with Crippen molar-refractivity contribution in [3.63, 3.8) is 0 Å². The maximum absolute atomic E-state index is 12.7. The van der Waals surface area contributed by atoms with Crippen LogP contribution in [0.15, 0.2) is 24.4 Å². The van der Waals surface area contributed by atoms with E-state index in [4.69, 9.17) is 9.47 Å². The van der Waals surface area contributed by atoms with Crippen molar-refractivity contribution in [2.75, 3.05) is 13.7 Å². The van der Waals surface area contributed by atoms with Gasteiger partial charge in [0.05, 0.1) is 30.4 Å². The molecule has 2 aromatic rings. The fraction of sp³-hybridized carbons (Fsp3) is 0.286. The van der Waals surface area contributed by atoms with E-state index in [1.807, 2.05) is 5.10 Å². The number of halogens is 3. The van der Waals surface area contributed by atoms with E-state index in [0.29, 0.717) is 0 Å². The number of nitro benzene ring substituents is 1. The van der Waals surface area contributed by atoms with E-state index < -0.39 is 28.5 Å². The number of rotatable bonds is 6. The SMILES string of the molecule is COc1ccc(C(=O)OCCc2cn[nH]c2C(F)(F)F)cc1[N+](=O)[O-]. The van der Waals surface area contributed by atoms with Crippen molar-refractivity contribution >= 4 is 11.7 Å². The maximum Gasteiger partial charge on any atom is 0.433 e. The first-order valence-corrected chi connectivity index (χ1v) is 6.83. The zero-order valence-corrected chi connectivity index (χ0v) is 12.8. The lowest BCUT2D eigenvalue weighted by Gasteiger charge is -2.08. The highest BCUT2D eigenvalue weighted by molar-refractivity contribution is 5.90. The Morgan fingerprint density at radius 3 is 2.72 bits per heavy atom. The number of H-pyrrole nitrogens is 1. The van der Waals surface area contributed by atoms with Gasteiger partial charge in [0.2, 0.25) is 0 Å². The van der Waals surface area contributed by atoms with Gasteiger partial charge < -0.3 is 9.47 Å². The molecule has 134 valence electrons. The molecule has 0 bridgehead atoms. The molecule has 0 aliphatic rings. The average molecular weight is 359 g/mol. The van der Waals surface area contributed by atoms with Gasteiger partial charge in [-0.05, 0) is 12.1 Å². The van der Waals surface area contributed by atoms with Crippen molar-refractivity contribution in [3.8, 4) is 5.75 Å². The smallest absolute Gasteiger partial charge is 0.433 e. The van der Waals surface area contributed by atoms with E-state index in [0.717, 1.165) is 12.3 Å². The maximum atomic E-state index is 12.7. The predicted molar refractivity (Wildman–Crippen MR) is 77.2 cm³/mol. The van der Waals surface area contributed by atoms with E-state index in [1.165, 1.54) is 19.2 Å². The Morgan fingerprint density at radius 2 is 2.12 bits per heavy atom. The van der Waals surface area contributed by atoms with Gasteiger partial charge >= 0.3 is 17.8 Å². The van der Waals surface area contributed by atoms with Crippen molar-refractivity contribution in [2.45, 2.75) is 12.6 Å². The van der Waals surface area contributed by atoms with Crippen LogP contribution in [0.3, 0.4) is 0 Å². The van der Waals surface area contributed by atoms with Gasteiger partial charge in [0.1, 0.15) is 5.69 Å². The molecule has 0 aliphatic heterocycles. The molecular weight excluding hydrogens is 347 g/mol. The second-order valence-electron chi connectivity index (χ2n) is 4.80. The van der Waals surface area contributed by atoms with Crippen LogP contribution in [0.5, 0.6) is 5.75 Å². The summed E-state index contributed by atoms with van der Waals surface area (Å²) in [6, 6.07) is 3.46. The highest BCUT2D eigenvalue weighted by Gasteiger charge is 2.35. The molecule has 0 aliphatic carbocycles. The molecule has 25 heavy (non-hydrogen) atoms. The minimum absolute atomic E-state index is 0.0326. The first-order valence-electron chi connectivity index (χ1n) is 6.83. The molecule has 0 spiro atoms. The average Bonchev–Trinajstić information content (AvgIpc) is 3.02. The molecule has 8 nitrogen and oxygen atoms in total. The van der Waals surface area contributed by atoms with Gasteiger partial charge in [0.25, 0.3) is 0 Å². The van der Waals surface area contributed by atoms with Crippen LogP contribution in [0.25, 0.3) is 0 Å². The van der Waals surface area contributed by atoms with Gasteiger partial charge in [-0.1, -0.05) is 0 Å². The van der Waals surface area contributed by atoms with Crippen molar-refractivity contribution < 1.29 is 32.4 Å². The van der Waals surface area contributed by atoms with E-state index in [2.05, 4.69) is 5.10 Å². The first kappa shape index (κ1) is 18.2. The van der Waals surface area contributed by atoms with Crippen molar-refractivity contribution in [1.29, 1.82) is 0 Å². The standard InChI is InChI=1S/C14H12F3N3O5/c1-24-11-3-2-8(6-10(11)20(22)23)13(21)25-5-4-9-7-18-19-12(9)14(15,16)17/h2-3,6-7H,4-5H2,1H3,(H,18,19). The third-order valence-corrected chi connectivity index (χ3v) is 3.22. The molecular formula is C14H12F3N3O5. The molecule has 1 aromatic heterocycles. The fourth-order valence-electron chi connectivity index (χ4n) is 2.04. The molecule has 0 amide bonds. The van der Waals surface area contributed by atoms with E-state index >= 15 is 0 Å². The molecule has 1 N–H and O–H groups in total. The Kier molecular flexibility index (Phi) is 5.25. The van der Waals surface area contributed by atoms with Crippen LogP contribution in [0.2, 0.25) is 0 Å². The van der Waals surface area contributed by atoms with Crippen LogP contribution in [0, 0.1) is 10.1 Å². The molecule has 0 saturated carbocycles. The van der Waals surface area contributed by atoms with Gasteiger partial charge in [-0.25, -0.2) is 4.79 Å². The van der Waals surface area contributed by atoms with Crippen LogP contribution < -0.4 is 4.74 Å². The van der Waals surface area contributed by atoms with Crippen molar-refractivity contribution in [1.82, 2.24) is 10.2 Å². The quantitative estimate of drug-likeness (QED) is 0.483. The lowest BCUT2D eigenvalue weighted by atomic mass is 10.2. The van der Waals surface area contributed by atoms with Gasteiger partial charge in [0.15, 0.2) is 5.75 Å². The number of methoxy groups -OCH3 is 1. The number of carbonyl (C=O) groups excluding carboxylic acids is 1. The molecule has 0 atom stereocenters. The molecule has 0 saturated heterocycles. The van der Waals surface area contributed by atoms with Gasteiger partial charge in [-0.15, -0.1) is 0 Å². The third-order valence-electron chi connectivity index (χ3n) is 3.22. The number of nitrogens with zero attached hydrogens (tertiary/aromatic N) is 2. The number of hydrogen-bond acceptors (Lipinski definition) is 6. The number of nitro groups is 1. The summed E-state index contributed by atoms with van der Waals surface area (Å²) in [6.45, 7) is -0.346. The Hall–Kier alpha value is -3.11. The number of hydrogen-bond donors (Lipinski definition) is 1. The largest absolute Gasteiger partial charge is 0.490 e. The van der Waals surface area contributed by atoms with Crippen LogP contribution in [-0.4, -0.2) is 34.8 Å². The molecule has 1 aromatic carbocycles. The number of alkyl halides is 3. The van der Waals surface area contributed by atoms with E-state index in [9.17, 15) is 28.1 Å². The lowest BCUT2D eigenvalue weighted by molar-refractivity contribution is -0.385. The monoisotopic (exact) mass is 359 g/mol. The normalized spacial score (nSPS) is 11.2. The number of carbonyl (C=O) groups is 1. The van der Waals surface area contributed by atoms with Gasteiger partial charge in [-0.2, -0.15) is 18.3 Å². The number of aromatic amines is 1. The highest BCUT2D eigenvalue weighted by atomic mass is 19.4. The molecule has 11 heteroatoms. The summed E-state index contributed by atoms with van der Waals surface area (Å²) in [4.78, 5) is 22.1. The highest BCUT2D eigenvalue weighted by Crippen LogP contribution is 2.30. The number of benzene rings is 1. The fourth-order valence-corrected chi connectivity index (χ4v) is 2.04. The number of aromatic nitrogens is 2. The van der Waals surface area contributed by atoms with Crippen molar-refractivity contribution in [2.24, 2.45) is 0 Å². The molecule has 1 heterocycles. The summed E-state index contributed by atoms with van der Waals surface area (Å²) in [5.41, 5.74) is -1.70. The third kappa shape index (κ3) is 4.25. The minimum atomic E-state index is -4.59. The van der Waals surface area contributed by atoms with Crippen molar-refractivity contribution in [3.05, 3.63) is 51.3 Å². The Labute approximate surface area is 138 Å². The van der Waals surface area contributed by atoms with Crippen LogP contribution in [0.4, 0.5) is 18.9 Å². The summed E-state index contributed by atoms with van der Waals surface area (Å²) in [6.07, 6.45) is -3.81. The molecule has 2 rings (SSSR count). The van der Waals surface area contributed by atoms with Gasteiger partial charge in [-0.3, -0.25) is 15.2 Å². The minimum Gasteiger partial charge on any atom is -0.490 e.